The zero-order valence-corrected chi connectivity index (χ0v) is 23.5. The molecule has 8 nitrogen and oxygen atoms in total. The second-order valence-corrected chi connectivity index (χ2v) is 13.0. The number of benzene rings is 1. The maximum Gasteiger partial charge on any atom is 0.408 e. The van der Waals surface area contributed by atoms with Crippen LogP contribution in [0.25, 0.3) is 21.3 Å². The number of alkyl carbamates (subject to hydrolysis) is 1. The molecule has 0 radical (unpaired) electrons. The summed E-state index contributed by atoms with van der Waals surface area (Å²) < 4.78 is 13.3. The number of hydrogen-bond donors (Lipinski definition) is 2. The standard InChI is InChI=1S/C29H34N2O6S/c1-28(2,3)37-27(35)30-20-11-12-29(4,5)19-13-21(38-25(19)20)16-9-10-17-22(24(16)36-6)31(15-7-8-15)14-18(23(17)32)26(33)34/h9-10,13-15,20H,7-8,11-12H2,1-6H3,(H,30,35)(H,33,34). The number of amides is 1. The van der Waals surface area contributed by atoms with E-state index in [0.29, 0.717) is 16.7 Å². The van der Waals surface area contributed by atoms with Crippen molar-refractivity contribution in [2.45, 2.75) is 83.4 Å². The van der Waals surface area contributed by atoms with Crippen molar-refractivity contribution in [2.75, 3.05) is 7.11 Å². The summed E-state index contributed by atoms with van der Waals surface area (Å²) in [5, 5.41) is 13.0. The summed E-state index contributed by atoms with van der Waals surface area (Å²) in [5.74, 6) is -0.678. The van der Waals surface area contributed by atoms with Gasteiger partial charge in [0.25, 0.3) is 0 Å². The van der Waals surface area contributed by atoms with Gasteiger partial charge < -0.3 is 24.5 Å². The molecule has 2 aliphatic carbocycles. The molecule has 2 N–H and O–H groups in total. The maximum absolute atomic E-state index is 13.1. The largest absolute Gasteiger partial charge is 0.494 e. The molecule has 2 aromatic heterocycles. The fraction of sp³-hybridized carbons (Fsp3) is 0.483. The monoisotopic (exact) mass is 538 g/mol. The fourth-order valence-electron chi connectivity index (χ4n) is 5.30. The van der Waals surface area contributed by atoms with Crippen molar-refractivity contribution in [1.82, 2.24) is 9.88 Å². The minimum Gasteiger partial charge on any atom is -0.494 e. The van der Waals surface area contributed by atoms with E-state index < -0.39 is 23.1 Å². The Kier molecular flexibility index (Phi) is 6.33. The molecule has 0 bridgehead atoms. The van der Waals surface area contributed by atoms with Crippen molar-refractivity contribution >= 4 is 34.3 Å². The number of carbonyl (C=O) groups excluding carboxylic acids is 1. The van der Waals surface area contributed by atoms with Gasteiger partial charge in [-0.1, -0.05) is 13.8 Å². The van der Waals surface area contributed by atoms with Crippen molar-refractivity contribution in [3.63, 3.8) is 0 Å². The lowest BCUT2D eigenvalue weighted by Crippen LogP contribution is -2.38. The van der Waals surface area contributed by atoms with Gasteiger partial charge in [0.1, 0.15) is 11.2 Å². The molecule has 9 heteroatoms. The van der Waals surface area contributed by atoms with Crippen LogP contribution in [-0.2, 0) is 10.2 Å². The Balaban J connectivity index is 1.65. The number of fused-ring (bicyclic) bond motifs is 2. The predicted molar refractivity (Wildman–Crippen MR) is 148 cm³/mol. The molecule has 1 aromatic carbocycles. The van der Waals surface area contributed by atoms with Crippen molar-refractivity contribution in [2.24, 2.45) is 0 Å². The van der Waals surface area contributed by atoms with Gasteiger partial charge in [-0.3, -0.25) is 4.79 Å². The van der Waals surface area contributed by atoms with E-state index >= 15 is 0 Å². The van der Waals surface area contributed by atoms with Gasteiger partial charge in [-0.25, -0.2) is 9.59 Å². The van der Waals surface area contributed by atoms with Gasteiger partial charge in [-0.2, -0.15) is 0 Å². The first-order valence-corrected chi connectivity index (χ1v) is 13.8. The van der Waals surface area contributed by atoms with Crippen LogP contribution >= 0.6 is 11.3 Å². The van der Waals surface area contributed by atoms with E-state index in [1.54, 1.807) is 24.5 Å². The molecule has 0 spiro atoms. The van der Waals surface area contributed by atoms with Crippen LogP contribution in [-0.4, -0.2) is 34.4 Å². The number of nitrogens with zero attached hydrogens (tertiary/aromatic N) is 1. The Labute approximate surface area is 225 Å². The average Bonchev–Trinajstić information content (AvgIpc) is 3.56. The number of pyridine rings is 1. The first-order valence-electron chi connectivity index (χ1n) is 12.9. The molecule has 1 unspecified atom stereocenters. The number of hydrogen-bond acceptors (Lipinski definition) is 6. The van der Waals surface area contributed by atoms with E-state index in [1.165, 1.54) is 11.8 Å². The summed E-state index contributed by atoms with van der Waals surface area (Å²) in [5.41, 5.74) is 1.23. The fourth-order valence-corrected chi connectivity index (χ4v) is 6.74. The smallest absolute Gasteiger partial charge is 0.408 e. The van der Waals surface area contributed by atoms with E-state index in [0.717, 1.165) is 41.0 Å². The summed E-state index contributed by atoms with van der Waals surface area (Å²) in [6.45, 7) is 9.96. The van der Waals surface area contributed by atoms with Gasteiger partial charge in [0.15, 0.2) is 5.75 Å². The molecule has 0 aliphatic heterocycles. The van der Waals surface area contributed by atoms with Crippen LogP contribution in [0.15, 0.2) is 29.2 Å². The molecular formula is C29H34N2O6S. The van der Waals surface area contributed by atoms with Crippen molar-refractivity contribution in [3.8, 4) is 16.2 Å². The summed E-state index contributed by atoms with van der Waals surface area (Å²) in [6, 6.07) is 5.68. The Morgan fingerprint density at radius 3 is 2.50 bits per heavy atom. The van der Waals surface area contributed by atoms with Crippen molar-refractivity contribution < 1.29 is 24.2 Å². The normalized spacial score (nSPS) is 18.6. The molecule has 1 amide bonds. The highest BCUT2D eigenvalue weighted by molar-refractivity contribution is 7.15. The summed E-state index contributed by atoms with van der Waals surface area (Å²) in [4.78, 5) is 39.5. The molecule has 1 fully saturated rings. The molecular weight excluding hydrogens is 504 g/mol. The number of aromatic carboxylic acids is 1. The summed E-state index contributed by atoms with van der Waals surface area (Å²) >= 11 is 1.61. The number of ether oxygens (including phenoxy) is 2. The minimum absolute atomic E-state index is 0.0766. The second kappa shape index (κ2) is 9.15. The zero-order chi connectivity index (χ0) is 27.6. The average molecular weight is 539 g/mol. The molecule has 38 heavy (non-hydrogen) atoms. The van der Waals surface area contributed by atoms with Crippen LogP contribution < -0.4 is 15.5 Å². The number of carboxylic acid groups (broad SMARTS) is 1. The summed E-state index contributed by atoms with van der Waals surface area (Å²) in [6.07, 6.45) is 4.57. The van der Waals surface area contributed by atoms with Crippen molar-refractivity contribution in [1.29, 1.82) is 0 Å². The van der Waals surface area contributed by atoms with Gasteiger partial charge in [0.05, 0.1) is 24.1 Å². The van der Waals surface area contributed by atoms with Crippen LogP contribution in [0.2, 0.25) is 0 Å². The third-order valence-corrected chi connectivity index (χ3v) is 8.62. The molecule has 2 heterocycles. The lowest BCUT2D eigenvalue weighted by Gasteiger charge is -2.35. The molecule has 202 valence electrons. The maximum atomic E-state index is 13.1. The second-order valence-electron chi connectivity index (χ2n) is 11.9. The quantitative estimate of drug-likeness (QED) is 0.389. The minimum atomic E-state index is -1.23. The first kappa shape index (κ1) is 26.3. The Morgan fingerprint density at radius 1 is 1.18 bits per heavy atom. The molecule has 0 saturated heterocycles. The van der Waals surface area contributed by atoms with Gasteiger partial charge in [0.2, 0.25) is 5.43 Å². The molecule has 2 aliphatic rings. The predicted octanol–water partition coefficient (Wildman–Crippen LogP) is 6.41. The number of rotatable bonds is 5. The topological polar surface area (TPSA) is 107 Å². The van der Waals surface area contributed by atoms with E-state index in [4.69, 9.17) is 9.47 Å². The van der Waals surface area contributed by atoms with Gasteiger partial charge in [0, 0.05) is 27.6 Å². The van der Waals surface area contributed by atoms with Crippen LogP contribution in [0, 0.1) is 0 Å². The molecule has 3 aromatic rings. The Morgan fingerprint density at radius 2 is 1.89 bits per heavy atom. The van der Waals surface area contributed by atoms with E-state index in [1.807, 2.05) is 31.4 Å². The SMILES string of the molecule is COc1c(-c2cc3c(s2)C(NC(=O)OC(C)(C)C)CCC3(C)C)ccc2c(=O)c(C(=O)O)cn(C3CC3)c12. The summed E-state index contributed by atoms with van der Waals surface area (Å²) in [7, 11) is 1.58. The number of thiophene rings is 1. The van der Waals surface area contributed by atoms with E-state index in [-0.39, 0.29) is 23.1 Å². The number of nitrogens with one attached hydrogen (secondary N) is 1. The van der Waals surface area contributed by atoms with Crippen molar-refractivity contribution in [3.05, 3.63) is 50.6 Å². The van der Waals surface area contributed by atoms with Crippen LogP contribution in [0.3, 0.4) is 0 Å². The van der Waals surface area contributed by atoms with E-state index in [9.17, 15) is 19.5 Å². The number of carboxylic acids is 1. The number of carbonyl (C=O) groups is 2. The highest BCUT2D eigenvalue weighted by Crippen LogP contribution is 2.50. The van der Waals surface area contributed by atoms with Crippen LogP contribution in [0.4, 0.5) is 4.79 Å². The Hall–Kier alpha value is -3.33. The van der Waals surface area contributed by atoms with E-state index in [2.05, 4.69) is 25.2 Å². The Bertz CT molecular complexity index is 1510. The van der Waals surface area contributed by atoms with Gasteiger partial charge >= 0.3 is 12.1 Å². The highest BCUT2D eigenvalue weighted by atomic mass is 32.1. The van der Waals surface area contributed by atoms with Gasteiger partial charge in [-0.05, 0) is 75.6 Å². The lowest BCUT2D eigenvalue weighted by molar-refractivity contribution is 0.0496. The third kappa shape index (κ3) is 4.68. The van der Waals surface area contributed by atoms with Gasteiger partial charge in [-0.15, -0.1) is 11.3 Å². The number of methoxy groups -OCH3 is 1. The molecule has 5 rings (SSSR count). The lowest BCUT2D eigenvalue weighted by atomic mass is 9.74. The molecule has 1 saturated carbocycles. The van der Waals surface area contributed by atoms with Crippen LogP contribution in [0.1, 0.15) is 93.2 Å². The highest BCUT2D eigenvalue weighted by Gasteiger charge is 2.37. The first-order chi connectivity index (χ1) is 17.8. The molecule has 1 atom stereocenters. The zero-order valence-electron chi connectivity index (χ0n) is 22.6. The van der Waals surface area contributed by atoms with Crippen LogP contribution in [0.5, 0.6) is 5.75 Å². The third-order valence-electron chi connectivity index (χ3n) is 7.34. The number of aromatic nitrogens is 1.